The van der Waals surface area contributed by atoms with Crippen LogP contribution in [0.1, 0.15) is 84.0 Å². The summed E-state index contributed by atoms with van der Waals surface area (Å²) in [5.74, 6) is 2.22. The van der Waals surface area contributed by atoms with Gasteiger partial charge in [0.05, 0.1) is 19.0 Å². The van der Waals surface area contributed by atoms with Crippen LogP contribution in [0.5, 0.6) is 11.5 Å². The maximum atomic E-state index is 12.6. The van der Waals surface area contributed by atoms with Gasteiger partial charge in [-0.25, -0.2) is 0 Å². The summed E-state index contributed by atoms with van der Waals surface area (Å²) in [6.07, 6.45) is 11.2. The zero-order chi connectivity index (χ0) is 23.9. The Morgan fingerprint density at radius 2 is 1.61 bits per heavy atom. The topological polar surface area (TPSA) is 59.0 Å². The van der Waals surface area contributed by atoms with E-state index in [1.807, 2.05) is 24.3 Å². The number of ether oxygens (including phenoxy) is 2. The number of unbranched alkanes of at least 4 members (excludes halogenated alkanes) is 5. The Bertz CT molecular complexity index is 710. The highest BCUT2D eigenvalue weighted by Crippen LogP contribution is 2.40. The Balaban J connectivity index is 1.61. The standard InChI is InChI=1S/C28H45NO4/c1-4-5-6-9-19-32-26-13-11-14-27(21-26)33-20-10-7-8-12-25(31)23-28(22-24(2)30)15-17-29(3)18-16-28/h11,13-14,21,30H,2,4-10,12,15-20,22-23H2,1,3H3. The van der Waals surface area contributed by atoms with Crippen molar-refractivity contribution in [2.45, 2.75) is 84.0 Å². The van der Waals surface area contributed by atoms with E-state index in [9.17, 15) is 9.90 Å². The molecule has 0 saturated carbocycles. The van der Waals surface area contributed by atoms with Crippen molar-refractivity contribution in [1.82, 2.24) is 4.90 Å². The van der Waals surface area contributed by atoms with E-state index in [1.54, 1.807) is 0 Å². The van der Waals surface area contributed by atoms with Gasteiger partial charge in [0.25, 0.3) is 0 Å². The van der Waals surface area contributed by atoms with Gasteiger partial charge in [-0.3, -0.25) is 4.79 Å². The average molecular weight is 460 g/mol. The smallest absolute Gasteiger partial charge is 0.133 e. The first-order valence-corrected chi connectivity index (χ1v) is 12.8. The predicted octanol–water partition coefficient (Wildman–Crippen LogP) is 6.72. The Morgan fingerprint density at radius 3 is 2.18 bits per heavy atom. The van der Waals surface area contributed by atoms with Crippen LogP contribution in [-0.4, -0.2) is 49.1 Å². The first-order valence-electron chi connectivity index (χ1n) is 12.8. The molecule has 0 bridgehead atoms. The summed E-state index contributed by atoms with van der Waals surface area (Å²) in [5.41, 5.74) is -0.109. The molecule has 0 aliphatic carbocycles. The number of aliphatic hydroxyl groups excluding tert-OH is 1. The summed E-state index contributed by atoms with van der Waals surface area (Å²) >= 11 is 0. The SMILES string of the molecule is C=C(O)CC1(CC(=O)CCCCCOc2cccc(OCCCCCC)c2)CCN(C)CC1. The summed E-state index contributed by atoms with van der Waals surface area (Å²) in [7, 11) is 2.11. The molecule has 0 unspecified atom stereocenters. The number of carbonyl (C=O) groups is 1. The predicted molar refractivity (Wildman–Crippen MR) is 135 cm³/mol. The second-order valence-corrected chi connectivity index (χ2v) is 9.80. The maximum absolute atomic E-state index is 12.6. The highest BCUT2D eigenvalue weighted by molar-refractivity contribution is 5.79. The van der Waals surface area contributed by atoms with Crippen LogP contribution in [0.2, 0.25) is 0 Å². The molecule has 1 aromatic carbocycles. The fourth-order valence-corrected chi connectivity index (χ4v) is 4.61. The molecule has 0 atom stereocenters. The van der Waals surface area contributed by atoms with Crippen molar-refractivity contribution in [2.24, 2.45) is 5.41 Å². The van der Waals surface area contributed by atoms with Gasteiger partial charge in [-0.1, -0.05) is 38.8 Å². The summed E-state index contributed by atoms with van der Waals surface area (Å²) in [4.78, 5) is 14.9. The molecule has 1 saturated heterocycles. The molecular weight excluding hydrogens is 414 g/mol. The number of piperidine rings is 1. The number of hydrogen-bond donors (Lipinski definition) is 1. The minimum Gasteiger partial charge on any atom is -0.513 e. The van der Waals surface area contributed by atoms with Crippen molar-refractivity contribution in [1.29, 1.82) is 0 Å². The van der Waals surface area contributed by atoms with E-state index in [4.69, 9.17) is 9.47 Å². The van der Waals surface area contributed by atoms with Crippen LogP contribution in [-0.2, 0) is 4.79 Å². The van der Waals surface area contributed by atoms with Crippen molar-refractivity contribution in [2.75, 3.05) is 33.4 Å². The lowest BCUT2D eigenvalue weighted by Crippen LogP contribution is -2.39. The zero-order valence-electron chi connectivity index (χ0n) is 20.9. The third-order valence-electron chi connectivity index (χ3n) is 6.64. The number of aliphatic hydroxyl groups is 1. The summed E-state index contributed by atoms with van der Waals surface area (Å²) in [6.45, 7) is 9.24. The lowest BCUT2D eigenvalue weighted by Gasteiger charge is -2.40. The molecule has 0 aromatic heterocycles. The van der Waals surface area contributed by atoms with Gasteiger partial charge in [0.2, 0.25) is 0 Å². The van der Waals surface area contributed by atoms with Crippen LogP contribution < -0.4 is 9.47 Å². The Hall–Kier alpha value is -2.01. The first-order chi connectivity index (χ1) is 15.9. The second kappa shape index (κ2) is 15.0. The third kappa shape index (κ3) is 11.1. The molecule has 5 heteroatoms. The normalized spacial score (nSPS) is 15.8. The molecule has 1 fully saturated rings. The van der Waals surface area contributed by atoms with Crippen LogP contribution >= 0.6 is 0 Å². The molecule has 2 rings (SSSR count). The Morgan fingerprint density at radius 1 is 1.00 bits per heavy atom. The molecule has 5 nitrogen and oxygen atoms in total. The van der Waals surface area contributed by atoms with Crippen molar-refractivity contribution in [3.63, 3.8) is 0 Å². The molecule has 1 aromatic rings. The van der Waals surface area contributed by atoms with Crippen LogP contribution in [0.25, 0.3) is 0 Å². The number of likely N-dealkylation sites (tertiary alicyclic amines) is 1. The molecule has 186 valence electrons. The van der Waals surface area contributed by atoms with Crippen LogP contribution in [0, 0.1) is 5.41 Å². The van der Waals surface area contributed by atoms with Gasteiger partial charge in [0.15, 0.2) is 0 Å². The van der Waals surface area contributed by atoms with Gasteiger partial charge in [-0.2, -0.15) is 0 Å². The number of allylic oxidation sites excluding steroid dienone is 1. The lowest BCUT2D eigenvalue weighted by atomic mass is 9.71. The lowest BCUT2D eigenvalue weighted by molar-refractivity contribution is -0.122. The fraction of sp³-hybridized carbons (Fsp3) is 0.679. The van der Waals surface area contributed by atoms with E-state index < -0.39 is 0 Å². The van der Waals surface area contributed by atoms with E-state index in [-0.39, 0.29) is 11.2 Å². The second-order valence-electron chi connectivity index (χ2n) is 9.80. The van der Waals surface area contributed by atoms with Crippen LogP contribution in [0.3, 0.4) is 0 Å². The number of Topliss-reactive ketones (excluding diaryl/α,β-unsaturated/α-hetero) is 1. The van der Waals surface area contributed by atoms with E-state index in [0.29, 0.717) is 31.7 Å². The number of hydrogen-bond acceptors (Lipinski definition) is 5. The van der Waals surface area contributed by atoms with Crippen molar-refractivity contribution >= 4 is 5.78 Å². The van der Waals surface area contributed by atoms with Gasteiger partial charge in [0.1, 0.15) is 17.3 Å². The average Bonchev–Trinajstić information content (AvgIpc) is 2.78. The number of carbonyl (C=O) groups excluding carboxylic acids is 1. The van der Waals surface area contributed by atoms with Crippen LogP contribution in [0.15, 0.2) is 36.6 Å². The number of ketones is 1. The largest absolute Gasteiger partial charge is 0.513 e. The number of rotatable bonds is 17. The highest BCUT2D eigenvalue weighted by atomic mass is 16.5. The van der Waals surface area contributed by atoms with Gasteiger partial charge >= 0.3 is 0 Å². The highest BCUT2D eigenvalue weighted by Gasteiger charge is 2.36. The number of benzene rings is 1. The number of nitrogens with zero attached hydrogens (tertiary/aromatic N) is 1. The minimum atomic E-state index is -0.109. The third-order valence-corrected chi connectivity index (χ3v) is 6.64. The van der Waals surface area contributed by atoms with Gasteiger partial charge < -0.3 is 19.5 Å². The Kier molecular flexibility index (Phi) is 12.4. The Labute approximate surface area is 201 Å². The van der Waals surface area contributed by atoms with E-state index in [1.165, 1.54) is 19.3 Å². The zero-order valence-corrected chi connectivity index (χ0v) is 20.9. The molecule has 0 radical (unpaired) electrons. The summed E-state index contributed by atoms with van der Waals surface area (Å²) < 4.78 is 11.7. The first kappa shape index (κ1) is 27.2. The van der Waals surface area contributed by atoms with Crippen molar-refractivity contribution in [3.8, 4) is 11.5 Å². The minimum absolute atomic E-state index is 0.109. The van der Waals surface area contributed by atoms with E-state index in [0.717, 1.165) is 69.7 Å². The molecule has 33 heavy (non-hydrogen) atoms. The summed E-state index contributed by atoms with van der Waals surface area (Å²) in [6, 6.07) is 7.86. The molecule has 0 spiro atoms. The van der Waals surface area contributed by atoms with Crippen molar-refractivity contribution in [3.05, 3.63) is 36.6 Å². The van der Waals surface area contributed by atoms with Crippen molar-refractivity contribution < 1.29 is 19.4 Å². The fourth-order valence-electron chi connectivity index (χ4n) is 4.61. The monoisotopic (exact) mass is 459 g/mol. The summed E-state index contributed by atoms with van der Waals surface area (Å²) in [5, 5.41) is 9.77. The molecule has 1 heterocycles. The van der Waals surface area contributed by atoms with Crippen LogP contribution in [0.4, 0.5) is 0 Å². The molecule has 1 N–H and O–H groups in total. The molecular formula is C28H45NO4. The molecule has 1 aliphatic rings. The van der Waals surface area contributed by atoms with Gasteiger partial charge in [-0.05, 0) is 76.2 Å². The van der Waals surface area contributed by atoms with E-state index in [2.05, 4.69) is 25.5 Å². The van der Waals surface area contributed by atoms with Gasteiger partial charge in [0, 0.05) is 25.3 Å². The molecule has 0 amide bonds. The molecule has 1 aliphatic heterocycles. The maximum Gasteiger partial charge on any atom is 0.133 e. The quantitative estimate of drug-likeness (QED) is 0.207. The van der Waals surface area contributed by atoms with Gasteiger partial charge in [-0.15, -0.1) is 0 Å². The van der Waals surface area contributed by atoms with E-state index >= 15 is 0 Å².